The summed E-state index contributed by atoms with van der Waals surface area (Å²) >= 11 is 0. The van der Waals surface area contributed by atoms with E-state index >= 15 is 0 Å². The van der Waals surface area contributed by atoms with Crippen LogP contribution in [0.25, 0.3) is 21.5 Å². The lowest BCUT2D eigenvalue weighted by Crippen LogP contribution is -2.29. The van der Waals surface area contributed by atoms with E-state index in [0.29, 0.717) is 80.3 Å². The molecule has 0 atom stereocenters. The molecule has 0 bridgehead atoms. The first-order valence-electron chi connectivity index (χ1n) is 20.8. The largest absolute Gasteiger partial charge is 0.492 e. The van der Waals surface area contributed by atoms with E-state index in [4.69, 9.17) is 29.2 Å². The number of carboxylic acids is 2. The number of carbonyl (C=O) groups is 6. The molecule has 64 heavy (non-hydrogen) atoms. The van der Waals surface area contributed by atoms with E-state index in [2.05, 4.69) is 0 Å². The van der Waals surface area contributed by atoms with E-state index < -0.39 is 35.6 Å². The second kappa shape index (κ2) is 18.3. The fourth-order valence-electron chi connectivity index (χ4n) is 7.85. The van der Waals surface area contributed by atoms with Gasteiger partial charge in [-0.2, -0.15) is 0 Å². The molecule has 0 saturated heterocycles. The Kier molecular flexibility index (Phi) is 12.7. The van der Waals surface area contributed by atoms with E-state index in [-0.39, 0.29) is 47.3 Å². The quantitative estimate of drug-likeness (QED) is 0.0992. The summed E-state index contributed by atoms with van der Waals surface area (Å²) in [6.45, 7) is 11.7. The Balaban J connectivity index is 0.000000191. The Bertz CT molecular complexity index is 2650. The van der Waals surface area contributed by atoms with Gasteiger partial charge in [0.05, 0.1) is 71.9 Å². The summed E-state index contributed by atoms with van der Waals surface area (Å²) < 4.78 is 23.8. The van der Waals surface area contributed by atoms with Crippen molar-refractivity contribution in [1.82, 2.24) is 0 Å². The molecule has 0 fully saturated rings. The van der Waals surface area contributed by atoms with Crippen LogP contribution in [0.5, 0.6) is 23.0 Å². The molecule has 14 heteroatoms. The minimum Gasteiger partial charge on any atom is -0.492 e. The van der Waals surface area contributed by atoms with Crippen LogP contribution in [0.3, 0.4) is 0 Å². The Morgan fingerprint density at radius 3 is 1.02 bits per heavy atom. The summed E-state index contributed by atoms with van der Waals surface area (Å²) in [6, 6.07) is 27.4. The van der Waals surface area contributed by atoms with Crippen molar-refractivity contribution < 1.29 is 57.9 Å². The van der Waals surface area contributed by atoms with Gasteiger partial charge in [-0.3, -0.25) is 28.8 Å². The van der Waals surface area contributed by atoms with Crippen LogP contribution in [0.4, 0.5) is 11.4 Å². The molecule has 328 valence electrons. The Hall–Kier alpha value is -7.74. The standard InChI is InChI=1S/2C25H23NO6/c2*1-4-31-22-17-7-5-6-8-18(17)23(32-14(2)3)21-20(22)24(29)26(25(21)30)16-11-9-15(10-12-16)13-19(27)28/h2*5-12,14H,4,13H2,1-3H3,(H,27,28). The molecule has 0 aromatic heterocycles. The van der Waals surface area contributed by atoms with Gasteiger partial charge >= 0.3 is 11.9 Å². The van der Waals surface area contributed by atoms with E-state index in [1.807, 2.05) is 90.1 Å². The molecule has 0 radical (unpaired) electrons. The molecule has 6 aromatic rings. The number of amides is 4. The number of ether oxygens (including phenoxy) is 4. The van der Waals surface area contributed by atoms with Crippen LogP contribution in [0.1, 0.15) is 94.1 Å². The zero-order valence-electron chi connectivity index (χ0n) is 36.1. The third kappa shape index (κ3) is 8.29. The van der Waals surface area contributed by atoms with Crippen molar-refractivity contribution in [2.45, 2.75) is 66.6 Å². The number of benzene rings is 6. The third-order valence-corrected chi connectivity index (χ3v) is 10.3. The van der Waals surface area contributed by atoms with Crippen molar-refractivity contribution in [2.24, 2.45) is 0 Å². The fourth-order valence-corrected chi connectivity index (χ4v) is 7.85. The van der Waals surface area contributed by atoms with Gasteiger partial charge in [0.2, 0.25) is 0 Å². The molecule has 2 N–H and O–H groups in total. The molecule has 2 aliphatic heterocycles. The van der Waals surface area contributed by atoms with Crippen molar-refractivity contribution in [1.29, 1.82) is 0 Å². The number of carboxylic acid groups (broad SMARTS) is 2. The van der Waals surface area contributed by atoms with Gasteiger partial charge in [-0.05, 0) is 76.9 Å². The van der Waals surface area contributed by atoms with Crippen LogP contribution >= 0.6 is 0 Å². The van der Waals surface area contributed by atoms with Gasteiger partial charge in [0, 0.05) is 21.5 Å². The number of carbonyl (C=O) groups excluding carboxylic acids is 4. The highest BCUT2D eigenvalue weighted by molar-refractivity contribution is 6.39. The van der Waals surface area contributed by atoms with Crippen molar-refractivity contribution >= 4 is 68.5 Å². The lowest BCUT2D eigenvalue weighted by molar-refractivity contribution is -0.137. The molecule has 6 aromatic carbocycles. The zero-order chi connectivity index (χ0) is 46.0. The SMILES string of the molecule is CCOc1c2c(c(OC(C)C)c3ccccc13)C(=O)N(c1ccc(CC(=O)O)cc1)C2=O.CCOc1c2c(c(OC(C)C)c3ccccc13)C(=O)N(c1ccc(CC(=O)O)cc1)C2=O. The van der Waals surface area contributed by atoms with E-state index in [9.17, 15) is 28.8 Å². The van der Waals surface area contributed by atoms with Crippen LogP contribution in [-0.4, -0.2) is 71.2 Å². The Morgan fingerprint density at radius 2 is 0.750 bits per heavy atom. The molecule has 0 spiro atoms. The molecular formula is C50H46N2O12. The average Bonchev–Trinajstić information content (AvgIpc) is 3.67. The smallest absolute Gasteiger partial charge is 0.307 e. The first-order valence-corrected chi connectivity index (χ1v) is 20.8. The van der Waals surface area contributed by atoms with Crippen LogP contribution < -0.4 is 28.7 Å². The number of fused-ring (bicyclic) bond motifs is 4. The van der Waals surface area contributed by atoms with Crippen LogP contribution in [0.2, 0.25) is 0 Å². The number of hydrogen-bond donors (Lipinski definition) is 2. The van der Waals surface area contributed by atoms with Crippen molar-refractivity contribution in [3.05, 3.63) is 130 Å². The summed E-state index contributed by atoms with van der Waals surface area (Å²) in [6.07, 6.45) is -0.719. The highest BCUT2D eigenvalue weighted by Gasteiger charge is 2.45. The highest BCUT2D eigenvalue weighted by Crippen LogP contribution is 2.48. The van der Waals surface area contributed by atoms with Crippen LogP contribution in [0.15, 0.2) is 97.1 Å². The number of anilines is 2. The minimum atomic E-state index is -0.956. The number of aliphatic carboxylic acids is 2. The molecule has 4 amide bonds. The number of imide groups is 2. The van der Waals surface area contributed by atoms with Gasteiger partial charge in [-0.25, -0.2) is 9.80 Å². The summed E-state index contributed by atoms with van der Waals surface area (Å²) in [5, 5.41) is 20.8. The highest BCUT2D eigenvalue weighted by atomic mass is 16.5. The number of rotatable bonds is 14. The van der Waals surface area contributed by atoms with Gasteiger partial charge in [0.25, 0.3) is 23.6 Å². The van der Waals surface area contributed by atoms with Gasteiger partial charge in [0.15, 0.2) is 0 Å². The van der Waals surface area contributed by atoms with Crippen LogP contribution in [0, 0.1) is 0 Å². The van der Waals surface area contributed by atoms with Gasteiger partial charge in [0.1, 0.15) is 23.0 Å². The summed E-state index contributed by atoms with van der Waals surface area (Å²) in [5.74, 6) is -2.48. The topological polar surface area (TPSA) is 186 Å². The zero-order valence-corrected chi connectivity index (χ0v) is 36.1. The van der Waals surface area contributed by atoms with E-state index in [1.54, 1.807) is 48.5 Å². The van der Waals surface area contributed by atoms with Gasteiger partial charge in [-0.1, -0.05) is 72.8 Å². The molecule has 2 heterocycles. The predicted molar refractivity (Wildman–Crippen MR) is 240 cm³/mol. The van der Waals surface area contributed by atoms with E-state index in [0.717, 1.165) is 9.80 Å². The molecule has 0 saturated carbocycles. The fraction of sp³-hybridized carbons (Fsp3) is 0.240. The minimum absolute atomic E-state index is 0.144. The maximum atomic E-state index is 13.5. The monoisotopic (exact) mass is 866 g/mol. The summed E-state index contributed by atoms with van der Waals surface area (Å²) in [4.78, 5) is 78.2. The second-order valence-electron chi connectivity index (χ2n) is 15.5. The lowest BCUT2D eigenvalue weighted by Gasteiger charge is -2.18. The van der Waals surface area contributed by atoms with Crippen LogP contribution in [-0.2, 0) is 22.4 Å². The predicted octanol–water partition coefficient (Wildman–Crippen LogP) is 8.91. The normalized spacial score (nSPS) is 13.1. The Morgan fingerprint density at radius 1 is 0.469 bits per heavy atom. The maximum Gasteiger partial charge on any atom is 0.307 e. The van der Waals surface area contributed by atoms with Crippen molar-refractivity contribution in [2.75, 3.05) is 23.0 Å². The molecule has 0 unspecified atom stereocenters. The van der Waals surface area contributed by atoms with Gasteiger partial charge < -0.3 is 29.2 Å². The summed E-state index contributed by atoms with van der Waals surface area (Å²) in [5.41, 5.74) is 2.58. The number of hydrogen-bond acceptors (Lipinski definition) is 10. The number of nitrogens with zero attached hydrogens (tertiary/aromatic N) is 2. The van der Waals surface area contributed by atoms with Crippen molar-refractivity contribution in [3.63, 3.8) is 0 Å². The first-order chi connectivity index (χ1) is 30.7. The maximum absolute atomic E-state index is 13.5. The average molecular weight is 867 g/mol. The molecule has 2 aliphatic rings. The first kappa shape index (κ1) is 44.3. The Labute approximate surface area is 368 Å². The lowest BCUT2D eigenvalue weighted by atomic mass is 9.99. The summed E-state index contributed by atoms with van der Waals surface area (Å²) in [7, 11) is 0. The molecular weight excluding hydrogens is 821 g/mol. The molecule has 0 aliphatic carbocycles. The molecule has 14 nitrogen and oxygen atoms in total. The molecule has 8 rings (SSSR count). The third-order valence-electron chi connectivity index (χ3n) is 10.3. The van der Waals surface area contributed by atoms with Crippen molar-refractivity contribution in [3.8, 4) is 23.0 Å². The van der Waals surface area contributed by atoms with Gasteiger partial charge in [-0.15, -0.1) is 0 Å². The second-order valence-corrected chi connectivity index (χ2v) is 15.5. The van der Waals surface area contributed by atoms with E-state index in [1.165, 1.54) is 0 Å².